The van der Waals surface area contributed by atoms with Gasteiger partial charge in [-0.05, 0) is 42.3 Å². The van der Waals surface area contributed by atoms with E-state index in [2.05, 4.69) is 5.32 Å². The van der Waals surface area contributed by atoms with E-state index < -0.39 is 5.97 Å². The fourth-order valence-electron chi connectivity index (χ4n) is 2.08. The summed E-state index contributed by atoms with van der Waals surface area (Å²) in [5.74, 6) is -0.671. The number of nitrogen functional groups attached to an aromatic ring is 1. The standard InChI is InChI=1S/C18H20N2O4/c1-2-9-24-16-8-7-14(10-15(16)19)17(21)20-11-12-3-5-13(6-4-12)18(22)23/h3-8,10H,2,9,11,19H2,1H3,(H,20,21)(H,22,23). The molecule has 6 heteroatoms. The number of rotatable bonds is 7. The van der Waals surface area contributed by atoms with E-state index in [1.54, 1.807) is 30.3 Å². The van der Waals surface area contributed by atoms with Crippen molar-refractivity contribution in [1.82, 2.24) is 5.32 Å². The number of hydrogen-bond acceptors (Lipinski definition) is 4. The van der Waals surface area contributed by atoms with Gasteiger partial charge in [-0.2, -0.15) is 0 Å². The van der Waals surface area contributed by atoms with E-state index in [0.29, 0.717) is 30.2 Å². The van der Waals surface area contributed by atoms with Crippen molar-refractivity contribution in [2.75, 3.05) is 12.3 Å². The molecule has 0 unspecified atom stereocenters. The largest absolute Gasteiger partial charge is 0.491 e. The van der Waals surface area contributed by atoms with Crippen molar-refractivity contribution in [1.29, 1.82) is 0 Å². The lowest BCUT2D eigenvalue weighted by Gasteiger charge is -2.10. The van der Waals surface area contributed by atoms with E-state index in [4.69, 9.17) is 15.6 Å². The van der Waals surface area contributed by atoms with Gasteiger partial charge in [-0.1, -0.05) is 19.1 Å². The van der Waals surface area contributed by atoms with Crippen LogP contribution >= 0.6 is 0 Å². The van der Waals surface area contributed by atoms with Crippen molar-refractivity contribution in [2.45, 2.75) is 19.9 Å². The Hall–Kier alpha value is -3.02. The van der Waals surface area contributed by atoms with E-state index in [1.165, 1.54) is 12.1 Å². The van der Waals surface area contributed by atoms with Crippen molar-refractivity contribution in [3.05, 3.63) is 59.2 Å². The highest BCUT2D eigenvalue weighted by molar-refractivity contribution is 5.95. The van der Waals surface area contributed by atoms with Gasteiger partial charge in [0.2, 0.25) is 0 Å². The molecule has 0 spiro atoms. The Labute approximate surface area is 140 Å². The number of carbonyl (C=O) groups is 2. The van der Waals surface area contributed by atoms with Gasteiger partial charge in [0.1, 0.15) is 5.75 Å². The van der Waals surface area contributed by atoms with Gasteiger partial charge in [-0.15, -0.1) is 0 Å². The van der Waals surface area contributed by atoms with Crippen LogP contribution in [-0.4, -0.2) is 23.6 Å². The molecule has 0 saturated heterocycles. The number of amides is 1. The van der Waals surface area contributed by atoms with Crippen LogP contribution in [0.2, 0.25) is 0 Å². The number of nitrogens with two attached hydrogens (primary N) is 1. The first-order valence-corrected chi connectivity index (χ1v) is 7.64. The van der Waals surface area contributed by atoms with E-state index in [1.807, 2.05) is 6.92 Å². The van der Waals surface area contributed by atoms with Gasteiger partial charge in [0.05, 0.1) is 17.9 Å². The number of ether oxygens (including phenoxy) is 1. The van der Waals surface area contributed by atoms with Gasteiger partial charge in [-0.25, -0.2) is 4.79 Å². The molecule has 0 radical (unpaired) electrons. The molecule has 0 aliphatic heterocycles. The highest BCUT2D eigenvalue weighted by atomic mass is 16.5. The molecule has 0 aliphatic rings. The average molecular weight is 328 g/mol. The van der Waals surface area contributed by atoms with Crippen LogP contribution < -0.4 is 15.8 Å². The topological polar surface area (TPSA) is 102 Å². The van der Waals surface area contributed by atoms with E-state index >= 15 is 0 Å². The number of benzene rings is 2. The molecule has 4 N–H and O–H groups in total. The SMILES string of the molecule is CCCOc1ccc(C(=O)NCc2ccc(C(=O)O)cc2)cc1N. The molecule has 2 aromatic rings. The van der Waals surface area contributed by atoms with Crippen molar-refractivity contribution in [3.8, 4) is 5.75 Å². The third-order valence-corrected chi connectivity index (χ3v) is 3.39. The van der Waals surface area contributed by atoms with Gasteiger partial charge in [0.15, 0.2) is 0 Å². The molecule has 0 aliphatic carbocycles. The Kier molecular flexibility index (Phi) is 5.78. The van der Waals surface area contributed by atoms with E-state index in [9.17, 15) is 9.59 Å². The van der Waals surface area contributed by atoms with E-state index in [0.717, 1.165) is 12.0 Å². The zero-order valence-corrected chi connectivity index (χ0v) is 13.4. The second kappa shape index (κ2) is 8.01. The minimum Gasteiger partial charge on any atom is -0.491 e. The van der Waals surface area contributed by atoms with Crippen molar-refractivity contribution in [3.63, 3.8) is 0 Å². The normalized spacial score (nSPS) is 10.2. The van der Waals surface area contributed by atoms with Crippen LogP contribution in [0.3, 0.4) is 0 Å². The average Bonchev–Trinajstić information content (AvgIpc) is 2.59. The molecule has 0 atom stereocenters. The maximum Gasteiger partial charge on any atom is 0.335 e. The van der Waals surface area contributed by atoms with Crippen LogP contribution in [0.25, 0.3) is 0 Å². The van der Waals surface area contributed by atoms with E-state index in [-0.39, 0.29) is 11.5 Å². The lowest BCUT2D eigenvalue weighted by molar-refractivity contribution is 0.0696. The number of anilines is 1. The lowest BCUT2D eigenvalue weighted by atomic mass is 10.1. The summed E-state index contributed by atoms with van der Waals surface area (Å²) < 4.78 is 5.48. The monoisotopic (exact) mass is 328 g/mol. The molecule has 126 valence electrons. The molecule has 1 amide bonds. The van der Waals surface area contributed by atoms with Gasteiger partial charge in [0, 0.05) is 12.1 Å². The predicted molar refractivity (Wildman–Crippen MR) is 91.2 cm³/mol. The molecule has 0 fully saturated rings. The quantitative estimate of drug-likeness (QED) is 0.678. The summed E-state index contributed by atoms with van der Waals surface area (Å²) >= 11 is 0. The van der Waals surface area contributed by atoms with Gasteiger partial charge in [0.25, 0.3) is 5.91 Å². The molecule has 24 heavy (non-hydrogen) atoms. The smallest absolute Gasteiger partial charge is 0.335 e. The zero-order chi connectivity index (χ0) is 17.5. The first kappa shape index (κ1) is 17.3. The van der Waals surface area contributed by atoms with Gasteiger partial charge < -0.3 is 20.9 Å². The number of carboxylic acids is 1. The van der Waals surface area contributed by atoms with Crippen LogP contribution in [0.4, 0.5) is 5.69 Å². The Balaban J connectivity index is 1.97. The summed E-state index contributed by atoms with van der Waals surface area (Å²) in [6, 6.07) is 11.3. The van der Waals surface area contributed by atoms with Crippen molar-refractivity contribution < 1.29 is 19.4 Å². The van der Waals surface area contributed by atoms with Crippen LogP contribution in [0.15, 0.2) is 42.5 Å². The number of carbonyl (C=O) groups excluding carboxylic acids is 1. The summed E-state index contributed by atoms with van der Waals surface area (Å²) in [6.45, 7) is 2.87. The maximum atomic E-state index is 12.2. The molecule has 0 heterocycles. The highest BCUT2D eigenvalue weighted by Gasteiger charge is 2.09. The molecular formula is C18H20N2O4. The second-order valence-corrected chi connectivity index (χ2v) is 5.29. The lowest BCUT2D eigenvalue weighted by Crippen LogP contribution is -2.23. The number of aromatic carboxylic acids is 1. The van der Waals surface area contributed by atoms with Crippen LogP contribution in [0.1, 0.15) is 39.6 Å². The number of carboxylic acid groups (broad SMARTS) is 1. The fourth-order valence-corrected chi connectivity index (χ4v) is 2.08. The summed E-state index contributed by atoms with van der Waals surface area (Å²) in [5.41, 5.74) is 7.77. The fraction of sp³-hybridized carbons (Fsp3) is 0.222. The van der Waals surface area contributed by atoms with Crippen molar-refractivity contribution in [2.24, 2.45) is 0 Å². The minimum absolute atomic E-state index is 0.209. The summed E-state index contributed by atoms with van der Waals surface area (Å²) in [6.07, 6.45) is 0.877. The number of hydrogen-bond donors (Lipinski definition) is 3. The first-order chi connectivity index (χ1) is 11.5. The zero-order valence-electron chi connectivity index (χ0n) is 13.4. The van der Waals surface area contributed by atoms with Crippen molar-refractivity contribution >= 4 is 17.6 Å². The number of nitrogens with one attached hydrogen (secondary N) is 1. The summed E-state index contributed by atoms with van der Waals surface area (Å²) in [4.78, 5) is 23.0. The Morgan fingerprint density at radius 1 is 1.12 bits per heavy atom. The summed E-state index contributed by atoms with van der Waals surface area (Å²) in [7, 11) is 0. The third-order valence-electron chi connectivity index (χ3n) is 3.39. The molecule has 2 rings (SSSR count). The molecule has 0 saturated carbocycles. The minimum atomic E-state index is -0.980. The van der Waals surface area contributed by atoms with Crippen LogP contribution in [-0.2, 0) is 6.54 Å². The maximum absolute atomic E-state index is 12.2. The molecule has 0 aromatic heterocycles. The van der Waals surface area contributed by atoms with Crippen LogP contribution in [0, 0.1) is 0 Å². The Morgan fingerprint density at radius 2 is 1.79 bits per heavy atom. The Morgan fingerprint density at radius 3 is 2.38 bits per heavy atom. The highest BCUT2D eigenvalue weighted by Crippen LogP contribution is 2.22. The second-order valence-electron chi connectivity index (χ2n) is 5.29. The Bertz CT molecular complexity index is 726. The predicted octanol–water partition coefficient (Wildman–Crippen LogP) is 2.69. The summed E-state index contributed by atoms with van der Waals surface area (Å²) in [5, 5.41) is 11.6. The molecular weight excluding hydrogens is 308 g/mol. The van der Waals surface area contributed by atoms with Crippen LogP contribution in [0.5, 0.6) is 5.75 Å². The van der Waals surface area contributed by atoms with Gasteiger partial charge in [-0.3, -0.25) is 4.79 Å². The first-order valence-electron chi connectivity index (χ1n) is 7.64. The molecule has 2 aromatic carbocycles. The van der Waals surface area contributed by atoms with Gasteiger partial charge >= 0.3 is 5.97 Å². The molecule has 0 bridgehead atoms. The molecule has 6 nitrogen and oxygen atoms in total. The third kappa shape index (κ3) is 4.49.